The van der Waals surface area contributed by atoms with Crippen LogP contribution < -0.4 is 5.32 Å². The third kappa shape index (κ3) is 3.66. The molecule has 1 aromatic rings. The Hall–Kier alpha value is -1.65. The van der Waals surface area contributed by atoms with Crippen LogP contribution in [0.15, 0.2) is 12.3 Å². The summed E-state index contributed by atoms with van der Waals surface area (Å²) in [6, 6.07) is 2.22. The summed E-state index contributed by atoms with van der Waals surface area (Å²) in [5, 5.41) is 3.43. The minimum Gasteiger partial charge on any atom is -0.463 e. The van der Waals surface area contributed by atoms with Crippen LogP contribution in [0.2, 0.25) is 0 Å². The van der Waals surface area contributed by atoms with Gasteiger partial charge in [0.15, 0.2) is 0 Å². The number of esters is 1. The third-order valence-electron chi connectivity index (χ3n) is 3.72. The Morgan fingerprint density at radius 1 is 1.37 bits per heavy atom. The molecule has 0 amide bonds. The number of rotatable bonds is 3. The lowest BCUT2D eigenvalue weighted by Gasteiger charge is -2.23. The molecule has 1 fully saturated rings. The number of carbonyl (C=O) groups excluding carboxylic acids is 1. The van der Waals surface area contributed by atoms with Gasteiger partial charge in [0.25, 0.3) is 0 Å². The summed E-state index contributed by atoms with van der Waals surface area (Å²) in [5.74, 6) is 0.930. The highest BCUT2D eigenvalue weighted by Crippen LogP contribution is 2.25. The fourth-order valence-electron chi connectivity index (χ4n) is 2.53. The predicted octanol–water partition coefficient (Wildman–Crippen LogP) is 2.64. The fraction of sp³-hybridized carbons (Fsp3) is 0.643. The molecule has 1 N–H and O–H groups in total. The van der Waals surface area contributed by atoms with Crippen LogP contribution in [-0.4, -0.2) is 29.1 Å². The first-order valence-electron chi connectivity index (χ1n) is 6.88. The zero-order chi connectivity index (χ0) is 13.7. The maximum absolute atomic E-state index is 11.4. The third-order valence-corrected chi connectivity index (χ3v) is 3.72. The van der Waals surface area contributed by atoms with E-state index in [-0.39, 0.29) is 5.82 Å². The van der Waals surface area contributed by atoms with Crippen molar-refractivity contribution in [1.82, 2.24) is 9.97 Å². The van der Waals surface area contributed by atoms with Gasteiger partial charge in [0.2, 0.25) is 5.82 Å². The molecule has 104 valence electrons. The van der Waals surface area contributed by atoms with Gasteiger partial charge < -0.3 is 10.1 Å². The van der Waals surface area contributed by atoms with Crippen LogP contribution in [0.4, 0.5) is 5.82 Å². The summed E-state index contributed by atoms with van der Waals surface area (Å²) >= 11 is 0. The Bertz CT molecular complexity index is 436. The average molecular weight is 263 g/mol. The van der Waals surface area contributed by atoms with Gasteiger partial charge in [-0.05, 0) is 24.8 Å². The van der Waals surface area contributed by atoms with Crippen LogP contribution in [0.1, 0.15) is 49.6 Å². The van der Waals surface area contributed by atoms with E-state index < -0.39 is 5.97 Å². The van der Waals surface area contributed by atoms with Crippen LogP contribution in [0.3, 0.4) is 0 Å². The molecule has 19 heavy (non-hydrogen) atoms. The number of carbonyl (C=O) groups is 1. The lowest BCUT2D eigenvalue weighted by atomic mass is 9.97. The van der Waals surface area contributed by atoms with Crippen LogP contribution >= 0.6 is 0 Å². The van der Waals surface area contributed by atoms with Crippen LogP contribution in [0, 0.1) is 5.92 Å². The molecular formula is C14H21N3O2. The molecule has 2 rings (SSSR count). The molecular weight excluding hydrogens is 242 g/mol. The molecule has 0 bridgehead atoms. The number of aromatic nitrogens is 2. The van der Waals surface area contributed by atoms with Gasteiger partial charge in [0.05, 0.1) is 7.11 Å². The first-order chi connectivity index (χ1) is 9.20. The van der Waals surface area contributed by atoms with Gasteiger partial charge in [-0.3, -0.25) is 0 Å². The molecule has 5 nitrogen and oxygen atoms in total. The number of nitrogens with one attached hydrogen (secondary N) is 1. The van der Waals surface area contributed by atoms with Crippen LogP contribution in [0.5, 0.6) is 0 Å². The zero-order valence-corrected chi connectivity index (χ0v) is 11.6. The molecule has 0 aromatic carbocycles. The second-order valence-corrected chi connectivity index (χ2v) is 5.12. The van der Waals surface area contributed by atoms with Crippen molar-refractivity contribution in [2.75, 3.05) is 12.4 Å². The molecule has 1 saturated carbocycles. The van der Waals surface area contributed by atoms with E-state index in [0.717, 1.165) is 6.42 Å². The van der Waals surface area contributed by atoms with E-state index in [4.69, 9.17) is 0 Å². The predicted molar refractivity (Wildman–Crippen MR) is 73.0 cm³/mol. The van der Waals surface area contributed by atoms with Gasteiger partial charge in [-0.2, -0.15) is 0 Å². The van der Waals surface area contributed by atoms with E-state index in [1.54, 1.807) is 12.3 Å². The maximum atomic E-state index is 11.4. The molecule has 5 heteroatoms. The van der Waals surface area contributed by atoms with Gasteiger partial charge in [-0.15, -0.1) is 0 Å². The van der Waals surface area contributed by atoms with Crippen molar-refractivity contribution in [2.45, 2.75) is 45.1 Å². The first-order valence-corrected chi connectivity index (χ1v) is 6.88. The largest absolute Gasteiger partial charge is 0.463 e. The Kier molecular flexibility index (Phi) is 4.71. The number of nitrogens with zero attached hydrogens (tertiary/aromatic N) is 2. The van der Waals surface area contributed by atoms with E-state index in [2.05, 4.69) is 26.9 Å². The van der Waals surface area contributed by atoms with Gasteiger partial charge in [-0.25, -0.2) is 14.8 Å². The van der Waals surface area contributed by atoms with Crippen molar-refractivity contribution in [3.63, 3.8) is 0 Å². The quantitative estimate of drug-likeness (QED) is 0.671. The molecule has 1 aliphatic rings. The summed E-state index contributed by atoms with van der Waals surface area (Å²) in [5.41, 5.74) is 0. The highest BCUT2D eigenvalue weighted by Gasteiger charge is 2.20. The number of anilines is 1. The number of ether oxygens (including phenoxy) is 1. The summed E-state index contributed by atoms with van der Waals surface area (Å²) in [4.78, 5) is 19.5. The molecule has 0 saturated heterocycles. The molecule has 2 unspecified atom stereocenters. The highest BCUT2D eigenvalue weighted by atomic mass is 16.5. The molecule has 0 aliphatic heterocycles. The lowest BCUT2D eigenvalue weighted by molar-refractivity contribution is 0.0587. The average Bonchev–Trinajstić information content (AvgIpc) is 2.64. The summed E-state index contributed by atoms with van der Waals surface area (Å²) < 4.78 is 4.63. The van der Waals surface area contributed by atoms with E-state index in [0.29, 0.717) is 17.8 Å². The Labute approximate surface area is 113 Å². The van der Waals surface area contributed by atoms with Crippen molar-refractivity contribution < 1.29 is 9.53 Å². The molecule has 0 spiro atoms. The van der Waals surface area contributed by atoms with Gasteiger partial charge in [0, 0.05) is 12.2 Å². The second kappa shape index (κ2) is 6.50. The van der Waals surface area contributed by atoms with Crippen LogP contribution in [0.25, 0.3) is 0 Å². The van der Waals surface area contributed by atoms with Gasteiger partial charge in [0.1, 0.15) is 5.82 Å². The van der Waals surface area contributed by atoms with E-state index in [1.165, 1.54) is 32.8 Å². The van der Waals surface area contributed by atoms with Crippen molar-refractivity contribution in [3.05, 3.63) is 18.1 Å². The Morgan fingerprint density at radius 2 is 2.16 bits per heavy atom. The highest BCUT2D eigenvalue weighted by molar-refractivity contribution is 5.85. The molecule has 2 atom stereocenters. The fourth-order valence-corrected chi connectivity index (χ4v) is 2.53. The molecule has 0 radical (unpaired) electrons. The van der Waals surface area contributed by atoms with Gasteiger partial charge >= 0.3 is 5.97 Å². The monoisotopic (exact) mass is 263 g/mol. The smallest absolute Gasteiger partial charge is 0.376 e. The maximum Gasteiger partial charge on any atom is 0.376 e. The minimum atomic E-state index is -0.502. The van der Waals surface area contributed by atoms with E-state index >= 15 is 0 Å². The van der Waals surface area contributed by atoms with Crippen molar-refractivity contribution in [2.24, 2.45) is 5.92 Å². The summed E-state index contributed by atoms with van der Waals surface area (Å²) in [6.07, 6.45) is 7.83. The van der Waals surface area contributed by atoms with Crippen molar-refractivity contribution in [1.29, 1.82) is 0 Å². The SMILES string of the molecule is COC(=O)c1nccc(NC2CCCCCC2C)n1. The number of hydrogen-bond donors (Lipinski definition) is 1. The summed E-state index contributed by atoms with van der Waals surface area (Å²) in [6.45, 7) is 2.27. The normalized spacial score (nSPS) is 23.5. The first kappa shape index (κ1) is 13.8. The van der Waals surface area contributed by atoms with Crippen LogP contribution in [-0.2, 0) is 4.74 Å². The van der Waals surface area contributed by atoms with E-state index in [9.17, 15) is 4.79 Å². The Balaban J connectivity index is 2.07. The van der Waals surface area contributed by atoms with Crippen molar-refractivity contribution >= 4 is 11.8 Å². The second-order valence-electron chi connectivity index (χ2n) is 5.12. The number of methoxy groups -OCH3 is 1. The topological polar surface area (TPSA) is 64.1 Å². The van der Waals surface area contributed by atoms with Gasteiger partial charge in [-0.1, -0.05) is 26.2 Å². The molecule has 1 aliphatic carbocycles. The number of hydrogen-bond acceptors (Lipinski definition) is 5. The zero-order valence-electron chi connectivity index (χ0n) is 11.6. The Morgan fingerprint density at radius 3 is 2.95 bits per heavy atom. The summed E-state index contributed by atoms with van der Waals surface area (Å²) in [7, 11) is 1.33. The standard InChI is InChI=1S/C14H21N3O2/c1-10-6-4-3-5-7-11(10)16-12-8-9-15-13(17-12)14(18)19-2/h8-11H,3-7H2,1-2H3,(H,15,16,17). The molecule has 1 aromatic heterocycles. The van der Waals surface area contributed by atoms with Crippen molar-refractivity contribution in [3.8, 4) is 0 Å². The molecule has 1 heterocycles. The van der Waals surface area contributed by atoms with E-state index in [1.807, 2.05) is 0 Å². The minimum absolute atomic E-state index is 0.105. The lowest BCUT2D eigenvalue weighted by Crippen LogP contribution is -2.27.